The van der Waals surface area contributed by atoms with Crippen LogP contribution >= 0.6 is 0 Å². The van der Waals surface area contributed by atoms with Gasteiger partial charge < -0.3 is 4.90 Å². The number of hydrogen-bond acceptors (Lipinski definition) is 3. The predicted molar refractivity (Wildman–Crippen MR) is 100 cm³/mol. The number of hydrogen-bond donors (Lipinski definition) is 0. The van der Waals surface area contributed by atoms with Crippen LogP contribution in [0, 0.1) is 18.2 Å². The van der Waals surface area contributed by atoms with Gasteiger partial charge in [0.1, 0.15) is 5.82 Å². The second-order valence-electron chi connectivity index (χ2n) is 7.54. The Bertz CT molecular complexity index is 1010. The topological polar surface area (TPSA) is 57.7 Å². The summed E-state index contributed by atoms with van der Waals surface area (Å²) in [6, 6.07) is 12.8. The van der Waals surface area contributed by atoms with Crippen LogP contribution in [-0.2, 0) is 14.8 Å². The number of aryl methyl sites for hydroxylation is 1. The Morgan fingerprint density at radius 2 is 1.85 bits per heavy atom. The molecule has 2 aliphatic rings. The van der Waals surface area contributed by atoms with E-state index < -0.39 is 15.8 Å². The summed E-state index contributed by atoms with van der Waals surface area (Å²) in [5.74, 6) is -0.558. The van der Waals surface area contributed by atoms with Gasteiger partial charge in [-0.15, -0.1) is 0 Å². The molecule has 1 unspecified atom stereocenters. The molecule has 1 atom stereocenters. The number of carbonyl (C=O) groups is 1. The summed E-state index contributed by atoms with van der Waals surface area (Å²) in [6.45, 7) is 3.10. The van der Waals surface area contributed by atoms with Gasteiger partial charge >= 0.3 is 0 Å². The van der Waals surface area contributed by atoms with Gasteiger partial charge in [-0.25, -0.2) is 12.8 Å². The SMILES string of the molecule is Cc1cccc(N2CC3(CCN(S(=O)(=O)c4cccc(F)c4)C3)CC2=O)c1. The van der Waals surface area contributed by atoms with Crippen molar-refractivity contribution in [3.05, 3.63) is 59.9 Å². The van der Waals surface area contributed by atoms with Crippen LogP contribution < -0.4 is 4.90 Å². The molecule has 2 aromatic rings. The molecule has 7 heteroatoms. The number of halogens is 1. The zero-order valence-corrected chi connectivity index (χ0v) is 15.9. The van der Waals surface area contributed by atoms with Crippen molar-refractivity contribution in [2.45, 2.75) is 24.7 Å². The van der Waals surface area contributed by atoms with Gasteiger partial charge in [-0.2, -0.15) is 4.31 Å². The third-order valence-electron chi connectivity index (χ3n) is 5.47. The molecule has 5 nitrogen and oxygen atoms in total. The van der Waals surface area contributed by atoms with Crippen LogP contribution in [0.15, 0.2) is 53.4 Å². The first kappa shape index (κ1) is 18.1. The fourth-order valence-corrected chi connectivity index (χ4v) is 5.66. The smallest absolute Gasteiger partial charge is 0.243 e. The van der Waals surface area contributed by atoms with E-state index >= 15 is 0 Å². The van der Waals surface area contributed by atoms with Crippen molar-refractivity contribution in [2.75, 3.05) is 24.5 Å². The molecule has 0 aromatic heterocycles. The Balaban J connectivity index is 1.56. The van der Waals surface area contributed by atoms with Crippen LogP contribution in [0.2, 0.25) is 0 Å². The van der Waals surface area contributed by atoms with Crippen molar-refractivity contribution in [1.29, 1.82) is 0 Å². The molecule has 142 valence electrons. The van der Waals surface area contributed by atoms with Crippen molar-refractivity contribution in [2.24, 2.45) is 5.41 Å². The van der Waals surface area contributed by atoms with Gasteiger partial charge in [-0.3, -0.25) is 4.79 Å². The number of nitrogens with zero attached hydrogens (tertiary/aromatic N) is 2. The van der Waals surface area contributed by atoms with E-state index in [-0.39, 0.29) is 22.8 Å². The zero-order chi connectivity index (χ0) is 19.2. The second-order valence-corrected chi connectivity index (χ2v) is 9.48. The molecule has 2 heterocycles. The summed E-state index contributed by atoms with van der Waals surface area (Å²) in [5.41, 5.74) is 1.53. The third kappa shape index (κ3) is 3.26. The minimum absolute atomic E-state index is 0.0191. The van der Waals surface area contributed by atoms with Crippen LogP contribution in [0.4, 0.5) is 10.1 Å². The number of sulfonamides is 1. The Kier molecular flexibility index (Phi) is 4.31. The number of amides is 1. The molecule has 0 radical (unpaired) electrons. The van der Waals surface area contributed by atoms with Gasteiger partial charge in [0.05, 0.1) is 4.90 Å². The maximum atomic E-state index is 13.5. The van der Waals surface area contributed by atoms with E-state index in [2.05, 4.69) is 0 Å². The maximum Gasteiger partial charge on any atom is 0.243 e. The van der Waals surface area contributed by atoms with E-state index in [9.17, 15) is 17.6 Å². The number of carbonyl (C=O) groups excluding carboxylic acids is 1. The lowest BCUT2D eigenvalue weighted by molar-refractivity contribution is -0.117. The molecule has 2 aliphatic heterocycles. The lowest BCUT2D eigenvalue weighted by Gasteiger charge is -2.24. The van der Waals surface area contributed by atoms with Crippen LogP contribution in [-0.4, -0.2) is 38.3 Å². The van der Waals surface area contributed by atoms with Crippen molar-refractivity contribution >= 4 is 21.6 Å². The van der Waals surface area contributed by atoms with Crippen LogP contribution in [0.1, 0.15) is 18.4 Å². The quantitative estimate of drug-likeness (QED) is 0.812. The summed E-state index contributed by atoms with van der Waals surface area (Å²) in [7, 11) is -3.77. The highest BCUT2D eigenvalue weighted by Crippen LogP contribution is 2.43. The molecule has 0 saturated carbocycles. The van der Waals surface area contributed by atoms with E-state index in [0.717, 1.165) is 17.3 Å². The Hall–Kier alpha value is -2.25. The molecular weight excluding hydrogens is 367 g/mol. The van der Waals surface area contributed by atoms with Gasteiger partial charge in [0.2, 0.25) is 15.9 Å². The Morgan fingerprint density at radius 1 is 1.07 bits per heavy atom. The van der Waals surface area contributed by atoms with E-state index in [0.29, 0.717) is 25.9 Å². The molecule has 1 amide bonds. The average Bonchev–Trinajstić information content (AvgIpc) is 3.19. The van der Waals surface area contributed by atoms with Crippen LogP contribution in [0.25, 0.3) is 0 Å². The molecule has 2 saturated heterocycles. The fourth-order valence-electron chi connectivity index (χ4n) is 4.08. The standard InChI is InChI=1S/C20H21FN2O3S/c1-15-4-2-6-17(10-15)23-14-20(12-19(23)24)8-9-22(13-20)27(25,26)18-7-3-5-16(21)11-18/h2-7,10-11H,8-9,12-14H2,1H3. The highest BCUT2D eigenvalue weighted by molar-refractivity contribution is 7.89. The maximum absolute atomic E-state index is 13.5. The number of anilines is 1. The lowest BCUT2D eigenvalue weighted by Crippen LogP contribution is -2.34. The van der Waals surface area contributed by atoms with Gasteiger partial charge in [0.25, 0.3) is 0 Å². The van der Waals surface area contributed by atoms with E-state index in [4.69, 9.17) is 0 Å². The molecule has 2 fully saturated rings. The zero-order valence-electron chi connectivity index (χ0n) is 15.1. The van der Waals surface area contributed by atoms with E-state index in [1.54, 1.807) is 4.90 Å². The normalized spacial score (nSPS) is 23.5. The Morgan fingerprint density at radius 3 is 2.59 bits per heavy atom. The molecule has 1 spiro atoms. The second kappa shape index (κ2) is 6.42. The van der Waals surface area contributed by atoms with Crippen molar-refractivity contribution in [1.82, 2.24) is 4.31 Å². The van der Waals surface area contributed by atoms with Crippen LogP contribution in [0.3, 0.4) is 0 Å². The van der Waals surface area contributed by atoms with Gasteiger partial charge in [0, 0.05) is 37.2 Å². The average molecular weight is 388 g/mol. The summed E-state index contributed by atoms with van der Waals surface area (Å²) in [5, 5.41) is 0. The molecule has 27 heavy (non-hydrogen) atoms. The number of benzene rings is 2. The van der Waals surface area contributed by atoms with E-state index in [1.807, 2.05) is 31.2 Å². The highest BCUT2D eigenvalue weighted by atomic mass is 32.2. The number of rotatable bonds is 3. The molecular formula is C20H21FN2O3S. The summed E-state index contributed by atoms with van der Waals surface area (Å²) < 4.78 is 40.6. The molecule has 0 aliphatic carbocycles. The first-order valence-corrected chi connectivity index (χ1v) is 10.4. The van der Waals surface area contributed by atoms with Crippen LogP contribution in [0.5, 0.6) is 0 Å². The fraction of sp³-hybridized carbons (Fsp3) is 0.350. The summed E-state index contributed by atoms with van der Waals surface area (Å²) in [4.78, 5) is 14.3. The van der Waals surface area contributed by atoms with Gasteiger partial charge in [-0.05, 0) is 49.2 Å². The van der Waals surface area contributed by atoms with Gasteiger partial charge in [-0.1, -0.05) is 18.2 Å². The van der Waals surface area contributed by atoms with Gasteiger partial charge in [0.15, 0.2) is 0 Å². The minimum Gasteiger partial charge on any atom is -0.312 e. The highest BCUT2D eigenvalue weighted by Gasteiger charge is 2.50. The van der Waals surface area contributed by atoms with E-state index in [1.165, 1.54) is 22.5 Å². The minimum atomic E-state index is -3.77. The first-order valence-electron chi connectivity index (χ1n) is 8.92. The largest absolute Gasteiger partial charge is 0.312 e. The molecule has 0 N–H and O–H groups in total. The van der Waals surface area contributed by atoms with Crippen molar-refractivity contribution in [3.63, 3.8) is 0 Å². The third-order valence-corrected chi connectivity index (χ3v) is 7.31. The summed E-state index contributed by atoms with van der Waals surface area (Å²) >= 11 is 0. The van der Waals surface area contributed by atoms with Crippen molar-refractivity contribution in [3.8, 4) is 0 Å². The molecule has 2 aromatic carbocycles. The first-order chi connectivity index (χ1) is 12.8. The molecule has 4 rings (SSSR count). The summed E-state index contributed by atoms with van der Waals surface area (Å²) in [6.07, 6.45) is 0.950. The monoisotopic (exact) mass is 388 g/mol. The Labute approximate surface area is 158 Å². The lowest BCUT2D eigenvalue weighted by atomic mass is 9.86. The molecule has 0 bridgehead atoms. The predicted octanol–water partition coefficient (Wildman–Crippen LogP) is 2.95. The van der Waals surface area contributed by atoms with Crippen molar-refractivity contribution < 1.29 is 17.6 Å².